The minimum absolute atomic E-state index is 0.149. The number of pyridine rings is 1. The summed E-state index contributed by atoms with van der Waals surface area (Å²) in [6.45, 7) is 0.487. The predicted octanol–water partition coefficient (Wildman–Crippen LogP) is 1.14. The molecule has 0 fully saturated rings. The zero-order valence-corrected chi connectivity index (χ0v) is 11.3. The van der Waals surface area contributed by atoms with Gasteiger partial charge in [0.05, 0.1) is 18.2 Å². The number of nitrogens with one attached hydrogen (secondary N) is 1. The Morgan fingerprint density at radius 2 is 2.28 bits per heavy atom. The third kappa shape index (κ3) is 4.85. The quantitative estimate of drug-likeness (QED) is 0.766. The second kappa shape index (κ2) is 6.98. The molecule has 1 unspecified atom stereocenters. The molecule has 0 amide bonds. The molecular formula is C10H14ClFN2O3S. The number of rotatable bonds is 7. The molecule has 0 aliphatic heterocycles. The lowest BCUT2D eigenvalue weighted by molar-refractivity contribution is 0.196. The van der Waals surface area contributed by atoms with Crippen molar-refractivity contribution in [1.82, 2.24) is 9.71 Å². The third-order valence-electron chi connectivity index (χ3n) is 2.09. The van der Waals surface area contributed by atoms with Gasteiger partial charge in [0.1, 0.15) is 10.7 Å². The minimum Gasteiger partial charge on any atom is -0.383 e. The Hall–Kier alpha value is -0.760. The van der Waals surface area contributed by atoms with Gasteiger partial charge in [-0.15, -0.1) is 11.6 Å². The molecule has 0 saturated carbocycles. The van der Waals surface area contributed by atoms with Crippen LogP contribution in [0.5, 0.6) is 0 Å². The summed E-state index contributed by atoms with van der Waals surface area (Å²) in [5.41, 5.74) is 0. The molecule has 0 saturated heterocycles. The van der Waals surface area contributed by atoms with Gasteiger partial charge >= 0.3 is 0 Å². The fourth-order valence-corrected chi connectivity index (χ4v) is 2.49. The molecule has 1 atom stereocenters. The molecule has 0 aliphatic carbocycles. The molecule has 1 aromatic rings. The van der Waals surface area contributed by atoms with E-state index in [1.54, 1.807) is 0 Å². The Labute approximate surface area is 110 Å². The fourth-order valence-electron chi connectivity index (χ4n) is 1.24. The van der Waals surface area contributed by atoms with Crippen LogP contribution in [0.1, 0.15) is 6.42 Å². The molecular weight excluding hydrogens is 283 g/mol. The maximum Gasteiger partial charge on any atom is 0.242 e. The van der Waals surface area contributed by atoms with Crippen LogP contribution in [0.2, 0.25) is 0 Å². The van der Waals surface area contributed by atoms with Crippen LogP contribution in [0.25, 0.3) is 0 Å². The van der Waals surface area contributed by atoms with Crippen LogP contribution in [0, 0.1) is 5.82 Å². The van der Waals surface area contributed by atoms with Crippen LogP contribution in [-0.4, -0.2) is 39.0 Å². The Kier molecular flexibility index (Phi) is 5.94. The van der Waals surface area contributed by atoms with Crippen LogP contribution >= 0.6 is 11.6 Å². The van der Waals surface area contributed by atoms with Gasteiger partial charge in [-0.2, -0.15) is 0 Å². The van der Waals surface area contributed by atoms with Gasteiger partial charge in [0.15, 0.2) is 0 Å². The number of alkyl halides is 1. The highest BCUT2D eigenvalue weighted by Crippen LogP contribution is 2.09. The molecule has 5 nitrogen and oxygen atoms in total. The van der Waals surface area contributed by atoms with Gasteiger partial charge in [0, 0.05) is 19.9 Å². The summed E-state index contributed by atoms with van der Waals surface area (Å²) in [6, 6.07) is 0.905. The second-order valence-electron chi connectivity index (χ2n) is 3.58. The number of hydrogen-bond donors (Lipinski definition) is 1. The van der Waals surface area contributed by atoms with Crippen molar-refractivity contribution in [2.75, 3.05) is 20.3 Å². The first-order valence-electron chi connectivity index (χ1n) is 5.19. The second-order valence-corrected chi connectivity index (χ2v) is 5.96. The van der Waals surface area contributed by atoms with Gasteiger partial charge in [-0.3, -0.25) is 4.98 Å². The van der Waals surface area contributed by atoms with Gasteiger partial charge in [-0.25, -0.2) is 17.5 Å². The number of nitrogens with zero attached hydrogens (tertiary/aromatic N) is 1. The summed E-state index contributed by atoms with van der Waals surface area (Å²) in [7, 11) is -2.23. The van der Waals surface area contributed by atoms with E-state index in [1.165, 1.54) is 7.11 Å². The van der Waals surface area contributed by atoms with E-state index in [4.69, 9.17) is 16.3 Å². The topological polar surface area (TPSA) is 68.3 Å². The Bertz CT molecular complexity index is 484. The summed E-state index contributed by atoms with van der Waals surface area (Å²) in [6.07, 6.45) is 2.43. The summed E-state index contributed by atoms with van der Waals surface area (Å²) in [4.78, 5) is 3.27. The summed E-state index contributed by atoms with van der Waals surface area (Å²) in [5, 5.41) is -0.275. The SMILES string of the molecule is COCC(Cl)CCNS(=O)(=O)c1cncc(F)c1. The Morgan fingerprint density at radius 3 is 2.89 bits per heavy atom. The molecule has 0 aromatic carbocycles. The molecule has 18 heavy (non-hydrogen) atoms. The number of aromatic nitrogens is 1. The van der Waals surface area contributed by atoms with Gasteiger partial charge < -0.3 is 4.74 Å². The fraction of sp³-hybridized carbons (Fsp3) is 0.500. The van der Waals surface area contributed by atoms with Crippen molar-refractivity contribution in [3.05, 3.63) is 24.3 Å². The molecule has 1 heterocycles. The van der Waals surface area contributed by atoms with Crippen LogP contribution in [0.4, 0.5) is 4.39 Å². The molecule has 1 aromatic heterocycles. The molecule has 8 heteroatoms. The number of sulfonamides is 1. The largest absolute Gasteiger partial charge is 0.383 e. The van der Waals surface area contributed by atoms with Crippen molar-refractivity contribution >= 4 is 21.6 Å². The zero-order chi connectivity index (χ0) is 13.6. The number of methoxy groups -OCH3 is 1. The van der Waals surface area contributed by atoms with Crippen LogP contribution < -0.4 is 4.72 Å². The van der Waals surface area contributed by atoms with E-state index in [0.717, 1.165) is 18.5 Å². The van der Waals surface area contributed by atoms with Crippen LogP contribution in [0.15, 0.2) is 23.4 Å². The monoisotopic (exact) mass is 296 g/mol. The third-order valence-corrected chi connectivity index (χ3v) is 3.86. The number of halogens is 2. The molecule has 1 rings (SSSR count). The minimum atomic E-state index is -3.75. The highest BCUT2D eigenvalue weighted by atomic mass is 35.5. The number of hydrogen-bond acceptors (Lipinski definition) is 4. The molecule has 0 radical (unpaired) electrons. The smallest absolute Gasteiger partial charge is 0.242 e. The summed E-state index contributed by atoms with van der Waals surface area (Å²) in [5.74, 6) is -0.701. The molecule has 1 N–H and O–H groups in total. The van der Waals surface area contributed by atoms with Crippen molar-refractivity contribution in [1.29, 1.82) is 0 Å². The van der Waals surface area contributed by atoms with E-state index in [-0.39, 0.29) is 16.8 Å². The highest BCUT2D eigenvalue weighted by molar-refractivity contribution is 7.89. The van der Waals surface area contributed by atoms with Crippen molar-refractivity contribution in [3.8, 4) is 0 Å². The lowest BCUT2D eigenvalue weighted by Gasteiger charge is -2.09. The molecule has 0 spiro atoms. The van der Waals surface area contributed by atoms with E-state index in [0.29, 0.717) is 13.0 Å². The standard InChI is InChI=1S/C10H14ClFN2O3S/c1-17-7-8(11)2-3-14-18(15,16)10-4-9(12)5-13-6-10/h4-6,8,14H,2-3,7H2,1H3. The normalized spacial score (nSPS) is 13.5. The Balaban J connectivity index is 2.55. The first-order valence-corrected chi connectivity index (χ1v) is 7.11. The molecule has 0 bridgehead atoms. The molecule has 0 aliphatic rings. The van der Waals surface area contributed by atoms with Gasteiger partial charge in [0.2, 0.25) is 10.0 Å². The average molecular weight is 297 g/mol. The van der Waals surface area contributed by atoms with Crippen molar-refractivity contribution in [2.24, 2.45) is 0 Å². The summed E-state index contributed by atoms with van der Waals surface area (Å²) < 4.78 is 43.5. The van der Waals surface area contributed by atoms with Gasteiger partial charge in [-0.1, -0.05) is 0 Å². The summed E-state index contributed by atoms with van der Waals surface area (Å²) >= 11 is 5.85. The maximum absolute atomic E-state index is 12.9. The van der Waals surface area contributed by atoms with Gasteiger partial charge in [0.25, 0.3) is 0 Å². The predicted molar refractivity (Wildman–Crippen MR) is 65.5 cm³/mol. The van der Waals surface area contributed by atoms with E-state index in [2.05, 4.69) is 9.71 Å². The van der Waals surface area contributed by atoms with Crippen molar-refractivity contribution < 1.29 is 17.5 Å². The van der Waals surface area contributed by atoms with E-state index < -0.39 is 15.8 Å². The lowest BCUT2D eigenvalue weighted by Crippen LogP contribution is -2.27. The maximum atomic E-state index is 12.9. The first kappa shape index (κ1) is 15.3. The zero-order valence-electron chi connectivity index (χ0n) is 9.77. The van der Waals surface area contributed by atoms with E-state index in [9.17, 15) is 12.8 Å². The Morgan fingerprint density at radius 1 is 1.56 bits per heavy atom. The average Bonchev–Trinajstić information content (AvgIpc) is 2.29. The van der Waals surface area contributed by atoms with E-state index >= 15 is 0 Å². The number of ether oxygens (including phenoxy) is 1. The highest BCUT2D eigenvalue weighted by Gasteiger charge is 2.15. The lowest BCUT2D eigenvalue weighted by atomic mass is 10.3. The van der Waals surface area contributed by atoms with E-state index in [1.807, 2.05) is 0 Å². The van der Waals surface area contributed by atoms with Gasteiger partial charge in [-0.05, 0) is 12.5 Å². The first-order chi connectivity index (χ1) is 8.45. The van der Waals surface area contributed by atoms with Crippen LogP contribution in [-0.2, 0) is 14.8 Å². The molecule has 102 valence electrons. The van der Waals surface area contributed by atoms with Crippen molar-refractivity contribution in [2.45, 2.75) is 16.7 Å². The van der Waals surface area contributed by atoms with Crippen molar-refractivity contribution in [3.63, 3.8) is 0 Å². The van der Waals surface area contributed by atoms with Crippen LogP contribution in [0.3, 0.4) is 0 Å².